The van der Waals surface area contributed by atoms with Crippen molar-refractivity contribution in [1.29, 1.82) is 0 Å². The number of methoxy groups -OCH3 is 1. The van der Waals surface area contributed by atoms with Gasteiger partial charge in [0.25, 0.3) is 0 Å². The van der Waals surface area contributed by atoms with E-state index in [0.717, 1.165) is 19.2 Å². The van der Waals surface area contributed by atoms with Crippen LogP contribution in [0.4, 0.5) is 23.7 Å². The first-order valence-electron chi connectivity index (χ1n) is 5.91. The zero-order chi connectivity index (χ0) is 16.3. The highest BCUT2D eigenvalue weighted by molar-refractivity contribution is 5.94. The molecule has 5 nitrogen and oxygen atoms in total. The molecule has 0 saturated heterocycles. The van der Waals surface area contributed by atoms with Crippen molar-refractivity contribution >= 4 is 17.7 Å². The minimum Gasteiger partial charge on any atom is -0.467 e. The van der Waals surface area contributed by atoms with Gasteiger partial charge in [-0.25, -0.2) is 9.59 Å². The number of urea groups is 1. The molecule has 0 saturated carbocycles. The Balaban J connectivity index is 2.78. The van der Waals surface area contributed by atoms with Gasteiger partial charge in [0.05, 0.1) is 12.7 Å². The SMILES string of the molecule is COC(=O)C(C)(C)NC(=O)Nc1cccc(C(F)(F)F)c1. The monoisotopic (exact) mass is 304 g/mol. The van der Waals surface area contributed by atoms with E-state index < -0.39 is 29.3 Å². The minimum absolute atomic E-state index is 0.0389. The second-order valence-electron chi connectivity index (χ2n) is 4.77. The number of carbonyl (C=O) groups is 2. The van der Waals surface area contributed by atoms with Crippen LogP contribution in [0.15, 0.2) is 24.3 Å². The molecule has 0 atom stereocenters. The third-order valence-corrected chi connectivity index (χ3v) is 2.57. The van der Waals surface area contributed by atoms with Crippen molar-refractivity contribution in [2.45, 2.75) is 25.6 Å². The number of alkyl halides is 3. The summed E-state index contributed by atoms with van der Waals surface area (Å²) < 4.78 is 42.1. The topological polar surface area (TPSA) is 67.4 Å². The highest BCUT2D eigenvalue weighted by Gasteiger charge is 2.32. The number of nitrogens with one attached hydrogen (secondary N) is 2. The summed E-state index contributed by atoms with van der Waals surface area (Å²) in [5.41, 5.74) is -2.23. The second kappa shape index (κ2) is 6.02. The summed E-state index contributed by atoms with van der Waals surface area (Å²) in [7, 11) is 1.16. The number of esters is 1. The Morgan fingerprint density at radius 2 is 1.81 bits per heavy atom. The van der Waals surface area contributed by atoms with Gasteiger partial charge in [0.2, 0.25) is 0 Å². The largest absolute Gasteiger partial charge is 0.467 e. The van der Waals surface area contributed by atoms with Gasteiger partial charge in [-0.3, -0.25) is 0 Å². The molecule has 0 spiro atoms. The molecule has 0 radical (unpaired) electrons. The number of carbonyl (C=O) groups excluding carboxylic acids is 2. The zero-order valence-electron chi connectivity index (χ0n) is 11.7. The highest BCUT2D eigenvalue weighted by atomic mass is 19.4. The fourth-order valence-electron chi connectivity index (χ4n) is 1.53. The number of hydrogen-bond donors (Lipinski definition) is 2. The first kappa shape index (κ1) is 16.8. The molecule has 0 heterocycles. The van der Waals surface area contributed by atoms with Crippen LogP contribution in [0.2, 0.25) is 0 Å². The molecule has 0 aromatic heterocycles. The molecule has 0 bridgehead atoms. The van der Waals surface area contributed by atoms with Crippen LogP contribution in [0, 0.1) is 0 Å². The first-order chi connectivity index (χ1) is 9.56. The van der Waals surface area contributed by atoms with E-state index in [1.54, 1.807) is 0 Å². The predicted molar refractivity (Wildman–Crippen MR) is 69.7 cm³/mol. The molecule has 2 amide bonds. The molecule has 1 rings (SSSR count). The molecule has 0 aliphatic carbocycles. The number of halogens is 3. The normalized spacial score (nSPS) is 11.7. The lowest BCUT2D eigenvalue weighted by Gasteiger charge is -2.23. The van der Waals surface area contributed by atoms with Gasteiger partial charge in [0.15, 0.2) is 0 Å². The van der Waals surface area contributed by atoms with Gasteiger partial charge < -0.3 is 15.4 Å². The summed E-state index contributed by atoms with van der Waals surface area (Å²) in [5.74, 6) is -0.679. The Labute approximate surface area is 119 Å². The maximum Gasteiger partial charge on any atom is 0.416 e. The standard InChI is InChI=1S/C13H15F3N2O3/c1-12(2,10(19)21-3)18-11(20)17-9-6-4-5-8(7-9)13(14,15)16/h4-7H,1-3H3,(H2,17,18,20). The number of amides is 2. The lowest BCUT2D eigenvalue weighted by Crippen LogP contribution is -2.51. The number of ether oxygens (including phenoxy) is 1. The number of hydrogen-bond acceptors (Lipinski definition) is 3. The van der Waals surface area contributed by atoms with Crippen molar-refractivity contribution in [2.75, 3.05) is 12.4 Å². The van der Waals surface area contributed by atoms with E-state index in [0.29, 0.717) is 0 Å². The maximum atomic E-state index is 12.5. The molecule has 8 heteroatoms. The highest BCUT2D eigenvalue weighted by Crippen LogP contribution is 2.30. The summed E-state index contributed by atoms with van der Waals surface area (Å²) in [5, 5.41) is 4.54. The lowest BCUT2D eigenvalue weighted by molar-refractivity contribution is -0.146. The van der Waals surface area contributed by atoms with Crippen LogP contribution in [0.5, 0.6) is 0 Å². The van der Waals surface area contributed by atoms with E-state index in [9.17, 15) is 22.8 Å². The molecule has 0 aliphatic heterocycles. The van der Waals surface area contributed by atoms with Crippen molar-refractivity contribution < 1.29 is 27.5 Å². The Hall–Kier alpha value is -2.25. The van der Waals surface area contributed by atoms with Crippen molar-refractivity contribution in [1.82, 2.24) is 5.32 Å². The van der Waals surface area contributed by atoms with Gasteiger partial charge in [0.1, 0.15) is 5.54 Å². The number of rotatable bonds is 3. The average Bonchev–Trinajstić information content (AvgIpc) is 2.36. The van der Waals surface area contributed by atoms with E-state index in [2.05, 4.69) is 15.4 Å². The van der Waals surface area contributed by atoms with Crippen molar-refractivity contribution in [3.8, 4) is 0 Å². The van der Waals surface area contributed by atoms with E-state index in [-0.39, 0.29) is 5.69 Å². The summed E-state index contributed by atoms with van der Waals surface area (Å²) in [6, 6.07) is 3.35. The molecule has 0 fully saturated rings. The Morgan fingerprint density at radius 1 is 1.19 bits per heavy atom. The van der Waals surface area contributed by atoms with Gasteiger partial charge in [0, 0.05) is 5.69 Å². The summed E-state index contributed by atoms with van der Waals surface area (Å²) in [6.07, 6.45) is -4.50. The molecule has 1 aromatic carbocycles. The number of anilines is 1. The third kappa shape index (κ3) is 4.66. The molecule has 0 unspecified atom stereocenters. The van der Waals surface area contributed by atoms with Crippen molar-refractivity contribution in [3.05, 3.63) is 29.8 Å². The summed E-state index contributed by atoms with van der Waals surface area (Å²) in [4.78, 5) is 23.1. The average molecular weight is 304 g/mol. The molecule has 1 aromatic rings. The smallest absolute Gasteiger partial charge is 0.416 e. The second-order valence-corrected chi connectivity index (χ2v) is 4.77. The fraction of sp³-hybridized carbons (Fsp3) is 0.385. The van der Waals surface area contributed by atoms with E-state index in [1.807, 2.05) is 0 Å². The van der Waals surface area contributed by atoms with Crippen LogP contribution in [-0.2, 0) is 15.7 Å². The van der Waals surface area contributed by atoms with Crippen LogP contribution in [-0.4, -0.2) is 24.6 Å². The van der Waals surface area contributed by atoms with Gasteiger partial charge >= 0.3 is 18.2 Å². The minimum atomic E-state index is -4.50. The molecule has 21 heavy (non-hydrogen) atoms. The van der Waals surface area contributed by atoms with Gasteiger partial charge in [-0.1, -0.05) is 6.07 Å². The zero-order valence-corrected chi connectivity index (χ0v) is 11.7. The Morgan fingerprint density at radius 3 is 2.33 bits per heavy atom. The van der Waals surface area contributed by atoms with Crippen molar-refractivity contribution in [3.63, 3.8) is 0 Å². The van der Waals surface area contributed by atoms with Crippen LogP contribution in [0.25, 0.3) is 0 Å². The molecule has 0 aliphatic rings. The fourth-order valence-corrected chi connectivity index (χ4v) is 1.53. The van der Waals surface area contributed by atoms with Crippen LogP contribution >= 0.6 is 0 Å². The summed E-state index contributed by atoms with van der Waals surface area (Å²) >= 11 is 0. The molecule has 2 N–H and O–H groups in total. The molecular weight excluding hydrogens is 289 g/mol. The van der Waals surface area contributed by atoms with Crippen LogP contribution in [0.1, 0.15) is 19.4 Å². The maximum absolute atomic E-state index is 12.5. The Bertz CT molecular complexity index is 542. The molecule has 116 valence electrons. The lowest BCUT2D eigenvalue weighted by atomic mass is 10.1. The number of benzene rings is 1. The van der Waals surface area contributed by atoms with Crippen molar-refractivity contribution in [2.24, 2.45) is 0 Å². The first-order valence-corrected chi connectivity index (χ1v) is 5.91. The predicted octanol–water partition coefficient (Wildman–Crippen LogP) is 2.78. The van der Waals surface area contributed by atoms with E-state index in [1.165, 1.54) is 26.0 Å². The van der Waals surface area contributed by atoms with Crippen LogP contribution < -0.4 is 10.6 Å². The van der Waals surface area contributed by atoms with Gasteiger partial charge in [-0.15, -0.1) is 0 Å². The summed E-state index contributed by atoms with van der Waals surface area (Å²) in [6.45, 7) is 2.81. The van der Waals surface area contributed by atoms with Gasteiger partial charge in [-0.2, -0.15) is 13.2 Å². The quantitative estimate of drug-likeness (QED) is 0.844. The molecular formula is C13H15F3N2O3. The van der Waals surface area contributed by atoms with Crippen LogP contribution in [0.3, 0.4) is 0 Å². The Kier molecular flexibility index (Phi) is 4.82. The van der Waals surface area contributed by atoms with E-state index in [4.69, 9.17) is 0 Å². The van der Waals surface area contributed by atoms with E-state index >= 15 is 0 Å². The van der Waals surface area contributed by atoms with Gasteiger partial charge in [-0.05, 0) is 32.0 Å². The third-order valence-electron chi connectivity index (χ3n) is 2.57.